The van der Waals surface area contributed by atoms with Crippen LogP contribution in [0.2, 0.25) is 0 Å². The first-order valence-electron chi connectivity index (χ1n) is 10.2. The lowest BCUT2D eigenvalue weighted by molar-refractivity contribution is -0.161. The van der Waals surface area contributed by atoms with Gasteiger partial charge in [0.15, 0.2) is 5.78 Å². The van der Waals surface area contributed by atoms with Crippen molar-refractivity contribution in [3.63, 3.8) is 0 Å². The third-order valence-electron chi connectivity index (χ3n) is 5.71. The number of amides is 2. The molecule has 5 nitrogen and oxygen atoms in total. The Bertz CT molecular complexity index is 823. The highest BCUT2D eigenvalue weighted by Gasteiger charge is 2.55. The summed E-state index contributed by atoms with van der Waals surface area (Å²) in [6, 6.07) is 4.25. The summed E-state index contributed by atoms with van der Waals surface area (Å²) in [6.45, 7) is 5.30. The van der Waals surface area contributed by atoms with E-state index in [0.29, 0.717) is 39.3 Å². The Hall–Kier alpha value is -2.27. The summed E-state index contributed by atoms with van der Waals surface area (Å²) >= 11 is 0. The maximum atomic E-state index is 13.2. The van der Waals surface area contributed by atoms with Gasteiger partial charge in [0.25, 0.3) is 11.8 Å². The normalized spacial score (nSPS) is 18.7. The molecule has 3 rings (SSSR count). The van der Waals surface area contributed by atoms with Crippen molar-refractivity contribution >= 4 is 17.6 Å². The van der Waals surface area contributed by atoms with Crippen molar-refractivity contribution in [3.05, 3.63) is 46.5 Å². The molecule has 0 spiro atoms. The van der Waals surface area contributed by atoms with Crippen molar-refractivity contribution in [2.75, 3.05) is 20.1 Å². The SMILES string of the molecule is C.[2H]CCc1cc(C)c(CC)c(CCC(=O)C2(N3C(=O)C=CC3=O)CN(C)C2)c1. The minimum atomic E-state index is -1.04. The largest absolute Gasteiger partial charge is 0.301 e. The number of hydrogen-bond donors (Lipinski definition) is 0. The molecule has 2 aliphatic heterocycles. The lowest BCUT2D eigenvalue weighted by Crippen LogP contribution is -2.74. The van der Waals surface area contributed by atoms with E-state index in [0.717, 1.165) is 22.4 Å². The Morgan fingerprint density at radius 2 is 1.82 bits per heavy atom. The summed E-state index contributed by atoms with van der Waals surface area (Å²) in [5.74, 6) is -0.843. The molecule has 0 bridgehead atoms. The van der Waals surface area contributed by atoms with Crippen molar-refractivity contribution in [3.8, 4) is 0 Å². The molecule has 1 aromatic rings. The van der Waals surface area contributed by atoms with Crippen LogP contribution in [0.3, 0.4) is 0 Å². The van der Waals surface area contributed by atoms with E-state index in [4.69, 9.17) is 1.37 Å². The number of ketones is 1. The van der Waals surface area contributed by atoms with E-state index in [1.54, 1.807) is 0 Å². The Morgan fingerprint density at radius 3 is 2.36 bits per heavy atom. The molecule has 0 radical (unpaired) electrons. The van der Waals surface area contributed by atoms with Crippen molar-refractivity contribution in [2.24, 2.45) is 0 Å². The van der Waals surface area contributed by atoms with Crippen molar-refractivity contribution in [1.29, 1.82) is 0 Å². The molecule has 1 fully saturated rings. The molecule has 0 N–H and O–H groups in total. The second-order valence-corrected chi connectivity index (χ2v) is 7.63. The predicted molar refractivity (Wildman–Crippen MR) is 111 cm³/mol. The number of nitrogens with zero attached hydrogens (tertiary/aromatic N) is 2. The molecular formula is C23H32N2O3. The standard InChI is InChI=1S/C22H28N2O3.CH4/c1-5-16-11-15(3)18(6-2)17(12-16)7-8-19(25)22(13-23(4)14-22)24-20(26)9-10-21(24)27;/h9-12H,5-8,13-14H2,1-4H3;1H4/i1D;. The minimum absolute atomic E-state index is 0. The van der Waals surface area contributed by atoms with E-state index in [1.165, 1.54) is 23.3 Å². The molecule has 0 aromatic heterocycles. The van der Waals surface area contributed by atoms with Crippen molar-refractivity contribution < 1.29 is 15.8 Å². The highest BCUT2D eigenvalue weighted by atomic mass is 16.2. The average molecular weight is 386 g/mol. The Labute approximate surface area is 169 Å². The number of carbonyl (C=O) groups excluding carboxylic acids is 3. The summed E-state index contributed by atoms with van der Waals surface area (Å²) in [5, 5.41) is 0. The van der Waals surface area contributed by atoms with E-state index in [9.17, 15) is 14.4 Å². The molecule has 2 heterocycles. The van der Waals surface area contributed by atoms with Crippen LogP contribution in [-0.4, -0.2) is 53.1 Å². The molecule has 5 heteroatoms. The first-order chi connectivity index (χ1) is 13.3. The molecule has 152 valence electrons. The van der Waals surface area contributed by atoms with Gasteiger partial charge in [0.1, 0.15) is 5.54 Å². The number of rotatable bonds is 7. The maximum absolute atomic E-state index is 13.2. The van der Waals surface area contributed by atoms with Crippen LogP contribution in [0.1, 0.15) is 51.3 Å². The zero-order valence-corrected chi connectivity index (χ0v) is 16.4. The van der Waals surface area contributed by atoms with Crippen LogP contribution in [0.25, 0.3) is 0 Å². The molecule has 0 unspecified atom stereocenters. The smallest absolute Gasteiger partial charge is 0.254 e. The molecule has 0 atom stereocenters. The lowest BCUT2D eigenvalue weighted by atomic mass is 9.80. The zero-order chi connectivity index (χ0) is 20.5. The van der Waals surface area contributed by atoms with E-state index in [2.05, 4.69) is 26.0 Å². The number of imide groups is 1. The fraction of sp³-hybridized carbons (Fsp3) is 0.522. The highest BCUT2D eigenvalue weighted by Crippen LogP contribution is 2.32. The number of aryl methyl sites for hydroxylation is 3. The van der Waals surface area contributed by atoms with Crippen molar-refractivity contribution in [2.45, 2.75) is 59.4 Å². The first-order valence-corrected chi connectivity index (χ1v) is 9.51. The van der Waals surface area contributed by atoms with E-state index < -0.39 is 17.4 Å². The minimum Gasteiger partial charge on any atom is -0.301 e. The Balaban J connectivity index is 0.00000300. The van der Waals surface area contributed by atoms with Crippen LogP contribution >= 0.6 is 0 Å². The molecule has 1 saturated heterocycles. The third kappa shape index (κ3) is 3.68. The summed E-state index contributed by atoms with van der Waals surface area (Å²) in [6.07, 6.45) is 4.96. The predicted octanol–water partition coefficient (Wildman–Crippen LogP) is 2.87. The molecule has 2 amide bonds. The van der Waals surface area contributed by atoms with Gasteiger partial charge in [-0.15, -0.1) is 0 Å². The van der Waals surface area contributed by atoms with Gasteiger partial charge in [-0.05, 0) is 55.5 Å². The maximum Gasteiger partial charge on any atom is 0.254 e. The number of likely N-dealkylation sites (tertiary alicyclic amines) is 1. The average Bonchev–Trinajstić information content (AvgIpc) is 2.95. The second kappa shape index (κ2) is 8.39. The van der Waals surface area contributed by atoms with Crippen LogP contribution in [0.4, 0.5) is 0 Å². The topological polar surface area (TPSA) is 57.7 Å². The van der Waals surface area contributed by atoms with Crippen LogP contribution in [-0.2, 0) is 33.6 Å². The molecule has 0 saturated carbocycles. The molecule has 28 heavy (non-hydrogen) atoms. The quantitative estimate of drug-likeness (QED) is 0.677. The van der Waals surface area contributed by atoms with E-state index >= 15 is 0 Å². The van der Waals surface area contributed by atoms with Gasteiger partial charge in [-0.1, -0.05) is 33.4 Å². The summed E-state index contributed by atoms with van der Waals surface area (Å²) in [4.78, 5) is 40.7. The number of hydrogen-bond acceptors (Lipinski definition) is 4. The lowest BCUT2D eigenvalue weighted by Gasteiger charge is -2.51. The van der Waals surface area contributed by atoms with Gasteiger partial charge in [0.2, 0.25) is 0 Å². The summed E-state index contributed by atoms with van der Waals surface area (Å²) in [5.41, 5.74) is 3.67. The van der Waals surface area contributed by atoms with Crippen LogP contribution in [0.5, 0.6) is 0 Å². The second-order valence-electron chi connectivity index (χ2n) is 7.63. The van der Waals surface area contributed by atoms with Gasteiger partial charge in [-0.25, -0.2) is 0 Å². The third-order valence-corrected chi connectivity index (χ3v) is 5.71. The number of benzene rings is 1. The van der Waals surface area contributed by atoms with Gasteiger partial charge in [0, 0.05) is 33.0 Å². The zero-order valence-electron chi connectivity index (χ0n) is 17.4. The van der Waals surface area contributed by atoms with Gasteiger partial charge in [0.05, 0.1) is 0 Å². The van der Waals surface area contributed by atoms with Crippen molar-refractivity contribution in [1.82, 2.24) is 9.80 Å². The van der Waals surface area contributed by atoms with Crippen LogP contribution in [0, 0.1) is 6.92 Å². The fourth-order valence-electron chi connectivity index (χ4n) is 4.44. The first kappa shape index (κ1) is 20.5. The molecular weight excluding hydrogens is 352 g/mol. The Morgan fingerprint density at radius 1 is 1.18 bits per heavy atom. The van der Waals surface area contributed by atoms with Gasteiger partial charge in [-0.2, -0.15) is 0 Å². The fourth-order valence-corrected chi connectivity index (χ4v) is 4.44. The van der Waals surface area contributed by atoms with E-state index in [1.807, 2.05) is 11.9 Å². The number of carbonyl (C=O) groups is 3. The summed E-state index contributed by atoms with van der Waals surface area (Å²) in [7, 11) is 1.88. The number of Topliss-reactive ketones (excluding diaryl/α,β-unsaturated/α-hetero) is 1. The van der Waals surface area contributed by atoms with Crippen LogP contribution in [0.15, 0.2) is 24.3 Å². The molecule has 0 aliphatic carbocycles. The highest BCUT2D eigenvalue weighted by molar-refractivity contribution is 6.16. The van der Waals surface area contributed by atoms with Crippen LogP contribution < -0.4 is 0 Å². The Kier molecular flexibility index (Phi) is 6.14. The van der Waals surface area contributed by atoms with E-state index in [-0.39, 0.29) is 13.2 Å². The van der Waals surface area contributed by atoms with Gasteiger partial charge in [-0.3, -0.25) is 19.3 Å². The molecule has 1 aromatic carbocycles. The number of likely N-dealkylation sites (N-methyl/N-ethyl adjacent to an activating group) is 1. The molecule has 2 aliphatic rings. The summed E-state index contributed by atoms with van der Waals surface area (Å²) < 4.78 is 7.48. The van der Waals surface area contributed by atoms with Gasteiger partial charge >= 0.3 is 0 Å². The monoisotopic (exact) mass is 385 g/mol. The van der Waals surface area contributed by atoms with Gasteiger partial charge < -0.3 is 4.90 Å².